The maximum absolute atomic E-state index is 2.37. The summed E-state index contributed by atoms with van der Waals surface area (Å²) in [7, 11) is 4.73. The third kappa shape index (κ3) is 14.2. The number of halogens is 1. The SMILES string of the molecule is CCCCCCCCCC[N+](C)(C)CCC.[Cl-]. The van der Waals surface area contributed by atoms with E-state index in [-0.39, 0.29) is 12.4 Å². The van der Waals surface area contributed by atoms with Gasteiger partial charge < -0.3 is 16.9 Å². The summed E-state index contributed by atoms with van der Waals surface area (Å²) in [5, 5.41) is 0. The molecule has 0 N–H and O–H groups in total. The van der Waals surface area contributed by atoms with Crippen LogP contribution in [0.2, 0.25) is 0 Å². The first-order valence-electron chi connectivity index (χ1n) is 7.44. The lowest BCUT2D eigenvalue weighted by Gasteiger charge is -2.29. The van der Waals surface area contributed by atoms with Crippen LogP contribution in [0.4, 0.5) is 0 Å². The van der Waals surface area contributed by atoms with Gasteiger partial charge in [0.25, 0.3) is 0 Å². The highest BCUT2D eigenvalue weighted by molar-refractivity contribution is 4.46. The molecule has 0 saturated heterocycles. The van der Waals surface area contributed by atoms with Crippen molar-refractivity contribution in [2.24, 2.45) is 0 Å². The van der Waals surface area contributed by atoms with Crippen LogP contribution in [0, 0.1) is 0 Å². The molecule has 0 atom stereocenters. The molecule has 0 aliphatic rings. The molecular weight excluding hydrogens is 230 g/mol. The Morgan fingerprint density at radius 3 is 1.53 bits per heavy atom. The zero-order valence-corrected chi connectivity index (χ0v) is 13.4. The minimum Gasteiger partial charge on any atom is -1.00 e. The van der Waals surface area contributed by atoms with Gasteiger partial charge in [0.05, 0.1) is 27.2 Å². The van der Waals surface area contributed by atoms with Crippen LogP contribution in [-0.2, 0) is 0 Å². The molecule has 17 heavy (non-hydrogen) atoms. The molecule has 0 aromatic rings. The Morgan fingerprint density at radius 2 is 1.06 bits per heavy atom. The number of nitrogens with zero attached hydrogens (tertiary/aromatic N) is 1. The summed E-state index contributed by atoms with van der Waals surface area (Å²) in [5.41, 5.74) is 0. The molecule has 0 fully saturated rings. The number of hydrogen-bond donors (Lipinski definition) is 0. The predicted octanol–water partition coefficient (Wildman–Crippen LogP) is 1.62. The molecule has 0 unspecified atom stereocenters. The van der Waals surface area contributed by atoms with Crippen LogP contribution >= 0.6 is 0 Å². The molecule has 0 aliphatic heterocycles. The van der Waals surface area contributed by atoms with E-state index < -0.39 is 0 Å². The zero-order valence-electron chi connectivity index (χ0n) is 12.6. The highest BCUT2D eigenvalue weighted by atomic mass is 35.5. The lowest BCUT2D eigenvalue weighted by molar-refractivity contribution is -0.890. The number of unbranched alkanes of at least 4 members (excludes halogenated alkanes) is 7. The van der Waals surface area contributed by atoms with Crippen LogP contribution in [0.5, 0.6) is 0 Å². The van der Waals surface area contributed by atoms with Crippen molar-refractivity contribution < 1.29 is 16.9 Å². The second-order valence-electron chi connectivity index (χ2n) is 5.86. The Kier molecular flexibility index (Phi) is 14.6. The molecule has 0 aliphatic carbocycles. The van der Waals surface area contributed by atoms with Crippen LogP contribution in [0.15, 0.2) is 0 Å². The van der Waals surface area contributed by atoms with Crippen molar-refractivity contribution in [1.29, 1.82) is 0 Å². The molecular formula is C15H34ClN. The van der Waals surface area contributed by atoms with E-state index in [1.54, 1.807) is 0 Å². The maximum Gasteiger partial charge on any atom is 0.0782 e. The summed E-state index contributed by atoms with van der Waals surface area (Å²) >= 11 is 0. The summed E-state index contributed by atoms with van der Waals surface area (Å²) < 4.78 is 1.21. The van der Waals surface area contributed by atoms with Gasteiger partial charge in [-0.25, -0.2) is 0 Å². The topological polar surface area (TPSA) is 0 Å². The Balaban J connectivity index is 0. The van der Waals surface area contributed by atoms with Gasteiger partial charge in [0.1, 0.15) is 0 Å². The van der Waals surface area contributed by atoms with Crippen LogP contribution in [-0.4, -0.2) is 31.7 Å². The highest BCUT2D eigenvalue weighted by Crippen LogP contribution is 2.10. The minimum atomic E-state index is 0. The Morgan fingerprint density at radius 1 is 0.588 bits per heavy atom. The van der Waals surface area contributed by atoms with E-state index in [2.05, 4.69) is 27.9 Å². The van der Waals surface area contributed by atoms with Crippen LogP contribution in [0.1, 0.15) is 71.6 Å². The third-order valence-corrected chi connectivity index (χ3v) is 3.45. The molecule has 0 bridgehead atoms. The normalized spacial score (nSPS) is 11.3. The van der Waals surface area contributed by atoms with Gasteiger partial charge >= 0.3 is 0 Å². The lowest BCUT2D eigenvalue weighted by atomic mass is 10.1. The van der Waals surface area contributed by atoms with E-state index in [1.165, 1.54) is 75.4 Å². The Bertz CT molecular complexity index is 146. The van der Waals surface area contributed by atoms with Crippen LogP contribution < -0.4 is 12.4 Å². The van der Waals surface area contributed by atoms with E-state index in [4.69, 9.17) is 0 Å². The number of rotatable bonds is 11. The molecule has 0 aromatic carbocycles. The maximum atomic E-state index is 2.37. The smallest absolute Gasteiger partial charge is 0.0782 e. The summed E-state index contributed by atoms with van der Waals surface area (Å²) in [6.45, 7) is 7.26. The standard InChI is InChI=1S/C15H34N.ClH/c1-5-7-8-9-10-11-12-13-15-16(3,4)14-6-2;/h5-15H2,1-4H3;1H/q+1;/p-1. The van der Waals surface area contributed by atoms with Gasteiger partial charge in [-0.15, -0.1) is 0 Å². The number of hydrogen-bond acceptors (Lipinski definition) is 0. The van der Waals surface area contributed by atoms with Crippen molar-refractivity contribution in [1.82, 2.24) is 0 Å². The lowest BCUT2D eigenvalue weighted by Crippen LogP contribution is -3.00. The van der Waals surface area contributed by atoms with Gasteiger partial charge in [0.15, 0.2) is 0 Å². The van der Waals surface area contributed by atoms with E-state index in [0.717, 1.165) is 0 Å². The van der Waals surface area contributed by atoms with Crippen molar-refractivity contribution in [3.05, 3.63) is 0 Å². The van der Waals surface area contributed by atoms with Crippen LogP contribution in [0.3, 0.4) is 0 Å². The molecule has 0 amide bonds. The molecule has 0 saturated carbocycles. The number of quaternary nitrogens is 1. The monoisotopic (exact) mass is 263 g/mol. The summed E-state index contributed by atoms with van der Waals surface area (Å²) in [6, 6.07) is 0. The third-order valence-electron chi connectivity index (χ3n) is 3.45. The zero-order chi connectivity index (χ0) is 12.3. The molecule has 0 rings (SSSR count). The fourth-order valence-electron chi connectivity index (χ4n) is 2.39. The quantitative estimate of drug-likeness (QED) is 0.393. The minimum absolute atomic E-state index is 0. The highest BCUT2D eigenvalue weighted by Gasteiger charge is 2.11. The summed E-state index contributed by atoms with van der Waals surface area (Å²) in [6.07, 6.45) is 12.8. The average Bonchev–Trinajstić information content (AvgIpc) is 2.22. The van der Waals surface area contributed by atoms with Gasteiger partial charge in [-0.05, 0) is 19.3 Å². The Hall–Kier alpha value is 0.250. The van der Waals surface area contributed by atoms with Gasteiger partial charge in [-0.3, -0.25) is 0 Å². The van der Waals surface area contributed by atoms with E-state index >= 15 is 0 Å². The van der Waals surface area contributed by atoms with Crippen molar-refractivity contribution in [3.8, 4) is 0 Å². The summed E-state index contributed by atoms with van der Waals surface area (Å²) in [5.74, 6) is 0. The van der Waals surface area contributed by atoms with Gasteiger partial charge in [0, 0.05) is 0 Å². The first-order valence-corrected chi connectivity index (χ1v) is 7.44. The first-order chi connectivity index (χ1) is 7.62. The van der Waals surface area contributed by atoms with Crippen molar-refractivity contribution >= 4 is 0 Å². The molecule has 106 valence electrons. The van der Waals surface area contributed by atoms with E-state index in [1.807, 2.05) is 0 Å². The molecule has 0 aromatic heterocycles. The van der Waals surface area contributed by atoms with Gasteiger partial charge in [-0.2, -0.15) is 0 Å². The molecule has 0 heterocycles. The van der Waals surface area contributed by atoms with E-state index in [9.17, 15) is 0 Å². The molecule has 2 heteroatoms. The fourth-order valence-corrected chi connectivity index (χ4v) is 2.39. The van der Waals surface area contributed by atoms with Crippen molar-refractivity contribution in [2.45, 2.75) is 71.6 Å². The molecule has 0 radical (unpaired) electrons. The van der Waals surface area contributed by atoms with Crippen molar-refractivity contribution in [3.63, 3.8) is 0 Å². The molecule has 0 spiro atoms. The van der Waals surface area contributed by atoms with E-state index in [0.29, 0.717) is 0 Å². The van der Waals surface area contributed by atoms with Crippen molar-refractivity contribution in [2.75, 3.05) is 27.2 Å². The molecule has 1 nitrogen and oxygen atoms in total. The Labute approximate surface area is 116 Å². The second kappa shape index (κ2) is 12.7. The summed E-state index contributed by atoms with van der Waals surface area (Å²) in [4.78, 5) is 0. The van der Waals surface area contributed by atoms with Gasteiger partial charge in [0.2, 0.25) is 0 Å². The average molecular weight is 264 g/mol. The second-order valence-corrected chi connectivity index (χ2v) is 5.86. The van der Waals surface area contributed by atoms with Gasteiger partial charge in [-0.1, -0.05) is 52.4 Å². The largest absolute Gasteiger partial charge is 1.00 e. The predicted molar refractivity (Wildman–Crippen MR) is 74.7 cm³/mol. The van der Waals surface area contributed by atoms with Crippen LogP contribution in [0.25, 0.3) is 0 Å². The first kappa shape index (κ1) is 19.6. The fraction of sp³-hybridized carbons (Fsp3) is 1.00.